The van der Waals surface area contributed by atoms with E-state index in [1.54, 1.807) is 0 Å². The molecule has 1 aromatic carbocycles. The molecule has 2 aromatic rings. The van der Waals surface area contributed by atoms with Crippen molar-refractivity contribution in [2.75, 3.05) is 13.2 Å². The van der Waals surface area contributed by atoms with E-state index in [-0.39, 0.29) is 0 Å². The van der Waals surface area contributed by atoms with Gasteiger partial charge >= 0.3 is 0 Å². The molecular weight excluding hydrogens is 254 g/mol. The molecule has 1 aromatic heterocycles. The number of ether oxygens (including phenoxy) is 1. The smallest absolute Gasteiger partial charge is 0.0509 e. The minimum Gasteiger partial charge on any atom is -0.381 e. The minimum atomic E-state index is 0.410. The zero-order valence-corrected chi connectivity index (χ0v) is 12.4. The van der Waals surface area contributed by atoms with Crippen molar-refractivity contribution in [2.45, 2.75) is 32.4 Å². The number of fused-ring (bicyclic) bond motifs is 1. The highest BCUT2D eigenvalue weighted by Crippen LogP contribution is 2.30. The van der Waals surface area contributed by atoms with Crippen LogP contribution in [0.4, 0.5) is 0 Å². The third-order valence-electron chi connectivity index (χ3n) is 4.06. The zero-order valence-electron chi connectivity index (χ0n) is 11.6. The van der Waals surface area contributed by atoms with E-state index in [4.69, 9.17) is 4.74 Å². The summed E-state index contributed by atoms with van der Waals surface area (Å²) >= 11 is 1.90. The maximum atomic E-state index is 5.48. The van der Waals surface area contributed by atoms with Crippen LogP contribution in [-0.2, 0) is 4.74 Å². The van der Waals surface area contributed by atoms with E-state index >= 15 is 0 Å². The maximum absolute atomic E-state index is 5.48. The summed E-state index contributed by atoms with van der Waals surface area (Å²) in [7, 11) is 0. The van der Waals surface area contributed by atoms with Gasteiger partial charge < -0.3 is 10.1 Å². The van der Waals surface area contributed by atoms with E-state index in [1.807, 2.05) is 11.3 Å². The second-order valence-electron chi connectivity index (χ2n) is 5.49. The fourth-order valence-corrected chi connectivity index (χ4v) is 3.85. The first kappa shape index (κ1) is 13.1. The SMILES string of the molecule is CC(NC(C)C1CCOC1)c1cc2ccccc2s1. The van der Waals surface area contributed by atoms with Crippen molar-refractivity contribution in [1.82, 2.24) is 5.32 Å². The second-order valence-corrected chi connectivity index (χ2v) is 6.60. The van der Waals surface area contributed by atoms with Crippen molar-refractivity contribution in [2.24, 2.45) is 5.92 Å². The highest BCUT2D eigenvalue weighted by atomic mass is 32.1. The Bertz CT molecular complexity index is 511. The van der Waals surface area contributed by atoms with Crippen molar-refractivity contribution in [1.29, 1.82) is 0 Å². The van der Waals surface area contributed by atoms with Crippen LogP contribution < -0.4 is 5.32 Å². The van der Waals surface area contributed by atoms with Gasteiger partial charge in [-0.25, -0.2) is 0 Å². The Kier molecular flexibility index (Phi) is 3.87. The van der Waals surface area contributed by atoms with Crippen molar-refractivity contribution in [3.63, 3.8) is 0 Å². The van der Waals surface area contributed by atoms with E-state index in [1.165, 1.54) is 21.4 Å². The van der Waals surface area contributed by atoms with Crippen LogP contribution in [0.5, 0.6) is 0 Å². The lowest BCUT2D eigenvalue weighted by molar-refractivity contribution is 0.177. The monoisotopic (exact) mass is 275 g/mol. The van der Waals surface area contributed by atoms with Gasteiger partial charge in [-0.3, -0.25) is 0 Å². The predicted molar refractivity (Wildman–Crippen MR) is 81.8 cm³/mol. The van der Waals surface area contributed by atoms with E-state index < -0.39 is 0 Å². The van der Waals surface area contributed by atoms with Gasteiger partial charge in [0.05, 0.1) is 6.61 Å². The van der Waals surface area contributed by atoms with Crippen molar-refractivity contribution in [3.8, 4) is 0 Å². The van der Waals surface area contributed by atoms with Crippen LogP contribution in [0, 0.1) is 5.92 Å². The van der Waals surface area contributed by atoms with Crippen LogP contribution in [0.15, 0.2) is 30.3 Å². The highest BCUT2D eigenvalue weighted by molar-refractivity contribution is 7.19. The van der Waals surface area contributed by atoms with E-state index in [9.17, 15) is 0 Å². The Labute approximate surface area is 118 Å². The topological polar surface area (TPSA) is 21.3 Å². The summed E-state index contributed by atoms with van der Waals surface area (Å²) in [6.07, 6.45) is 1.19. The molecule has 0 spiro atoms. The van der Waals surface area contributed by atoms with Crippen LogP contribution in [0.3, 0.4) is 0 Å². The third kappa shape index (κ3) is 2.83. The molecule has 0 bridgehead atoms. The van der Waals surface area contributed by atoms with Gasteiger partial charge in [-0.1, -0.05) is 18.2 Å². The predicted octanol–water partition coefficient (Wildman–Crippen LogP) is 3.98. The molecule has 3 rings (SSSR count). The number of thiophene rings is 1. The summed E-state index contributed by atoms with van der Waals surface area (Å²) < 4.78 is 6.85. The lowest BCUT2D eigenvalue weighted by Crippen LogP contribution is -2.35. The van der Waals surface area contributed by atoms with Gasteiger partial charge in [0.25, 0.3) is 0 Å². The molecule has 2 nitrogen and oxygen atoms in total. The summed E-state index contributed by atoms with van der Waals surface area (Å²) in [6, 6.07) is 11.8. The minimum absolute atomic E-state index is 0.410. The number of rotatable bonds is 4. The molecular formula is C16H21NOS. The summed E-state index contributed by atoms with van der Waals surface area (Å²) in [5.74, 6) is 0.664. The van der Waals surface area contributed by atoms with Crippen LogP contribution in [0.1, 0.15) is 31.2 Å². The van der Waals surface area contributed by atoms with Crippen LogP contribution in [0.2, 0.25) is 0 Å². The van der Waals surface area contributed by atoms with Gasteiger partial charge in [-0.2, -0.15) is 0 Å². The van der Waals surface area contributed by atoms with Crippen molar-refractivity contribution in [3.05, 3.63) is 35.2 Å². The van der Waals surface area contributed by atoms with E-state index in [2.05, 4.69) is 49.5 Å². The van der Waals surface area contributed by atoms with Crippen molar-refractivity contribution < 1.29 is 4.74 Å². The second kappa shape index (κ2) is 5.61. The molecule has 102 valence electrons. The molecule has 0 aliphatic carbocycles. The largest absolute Gasteiger partial charge is 0.381 e. The van der Waals surface area contributed by atoms with Gasteiger partial charge in [0.1, 0.15) is 0 Å². The Morgan fingerprint density at radius 1 is 1.32 bits per heavy atom. The van der Waals surface area contributed by atoms with Gasteiger partial charge in [0, 0.05) is 28.3 Å². The first-order valence-electron chi connectivity index (χ1n) is 7.06. The van der Waals surface area contributed by atoms with Gasteiger partial charge in [-0.15, -0.1) is 11.3 Å². The normalized spacial score (nSPS) is 22.7. The molecule has 0 saturated carbocycles. The molecule has 3 unspecified atom stereocenters. The average molecular weight is 275 g/mol. The fraction of sp³-hybridized carbons (Fsp3) is 0.500. The number of nitrogens with one attached hydrogen (secondary N) is 1. The Morgan fingerprint density at radius 2 is 2.16 bits per heavy atom. The third-order valence-corrected chi connectivity index (χ3v) is 5.36. The molecule has 3 atom stereocenters. The quantitative estimate of drug-likeness (QED) is 0.911. The highest BCUT2D eigenvalue weighted by Gasteiger charge is 2.23. The number of hydrogen-bond acceptors (Lipinski definition) is 3. The molecule has 1 aliphatic heterocycles. The van der Waals surface area contributed by atoms with Crippen LogP contribution in [0.25, 0.3) is 10.1 Å². The summed E-state index contributed by atoms with van der Waals surface area (Å²) in [6.45, 7) is 6.38. The van der Waals surface area contributed by atoms with Gasteiger partial charge in [0.15, 0.2) is 0 Å². The van der Waals surface area contributed by atoms with Crippen LogP contribution >= 0.6 is 11.3 Å². The first-order chi connectivity index (χ1) is 9.24. The molecule has 1 N–H and O–H groups in total. The summed E-state index contributed by atoms with van der Waals surface area (Å²) in [5, 5.41) is 5.08. The first-order valence-corrected chi connectivity index (χ1v) is 7.88. The standard InChI is InChI=1S/C16H21NOS/c1-11(14-7-8-18-10-14)17-12(2)16-9-13-5-3-4-6-15(13)19-16/h3-6,9,11-12,14,17H,7-8,10H2,1-2H3. The molecule has 19 heavy (non-hydrogen) atoms. The summed E-state index contributed by atoms with van der Waals surface area (Å²) in [5.41, 5.74) is 0. The average Bonchev–Trinajstić information content (AvgIpc) is 3.07. The molecule has 3 heteroatoms. The van der Waals surface area contributed by atoms with E-state index in [0.29, 0.717) is 18.0 Å². The lowest BCUT2D eigenvalue weighted by atomic mass is 10.00. The number of benzene rings is 1. The fourth-order valence-electron chi connectivity index (χ4n) is 2.78. The molecule has 1 aliphatic rings. The van der Waals surface area contributed by atoms with Gasteiger partial charge in [0.2, 0.25) is 0 Å². The molecule has 2 heterocycles. The summed E-state index contributed by atoms with van der Waals surface area (Å²) in [4.78, 5) is 1.42. The van der Waals surface area contributed by atoms with Crippen molar-refractivity contribution >= 4 is 21.4 Å². The Hall–Kier alpha value is -0.900. The molecule has 0 amide bonds. The Morgan fingerprint density at radius 3 is 2.89 bits per heavy atom. The Balaban J connectivity index is 1.70. The molecule has 1 saturated heterocycles. The van der Waals surface area contributed by atoms with Gasteiger partial charge in [-0.05, 0) is 43.7 Å². The van der Waals surface area contributed by atoms with E-state index in [0.717, 1.165) is 13.2 Å². The zero-order chi connectivity index (χ0) is 13.2. The molecule has 0 radical (unpaired) electrons. The lowest BCUT2D eigenvalue weighted by Gasteiger charge is -2.23. The van der Waals surface area contributed by atoms with Crippen LogP contribution in [-0.4, -0.2) is 19.3 Å². The number of hydrogen-bond donors (Lipinski definition) is 1. The molecule has 1 fully saturated rings. The maximum Gasteiger partial charge on any atom is 0.0509 e.